The van der Waals surface area contributed by atoms with Gasteiger partial charge in [-0.3, -0.25) is 4.72 Å². The lowest BCUT2D eigenvalue weighted by atomic mass is 9.77. The number of rotatable bonds is 6. The van der Waals surface area contributed by atoms with Gasteiger partial charge in [-0.1, -0.05) is 42.0 Å². The number of para-hydroxylation sites is 1. The van der Waals surface area contributed by atoms with Gasteiger partial charge in [0, 0.05) is 22.2 Å². The van der Waals surface area contributed by atoms with Crippen LogP contribution in [0.1, 0.15) is 35.1 Å². The molecule has 1 aliphatic heterocycles. The van der Waals surface area contributed by atoms with Gasteiger partial charge in [0.1, 0.15) is 0 Å². The number of hydrogen-bond acceptors (Lipinski definition) is 5. The Balaban J connectivity index is 1.50. The van der Waals surface area contributed by atoms with Gasteiger partial charge in [-0.25, -0.2) is 8.42 Å². The second-order valence-electron chi connectivity index (χ2n) is 8.88. The Morgan fingerprint density at radius 3 is 2.60 bits per heavy atom. The molecule has 0 unspecified atom stereocenters. The molecule has 182 valence electrons. The van der Waals surface area contributed by atoms with Gasteiger partial charge in [-0.15, -0.1) is 0 Å². The Kier molecular flexibility index (Phi) is 6.15. The van der Waals surface area contributed by atoms with E-state index in [-0.39, 0.29) is 22.8 Å². The fourth-order valence-electron chi connectivity index (χ4n) is 5.07. The van der Waals surface area contributed by atoms with E-state index >= 15 is 0 Å². The molecule has 0 fully saturated rings. The van der Waals surface area contributed by atoms with Crippen molar-refractivity contribution in [2.75, 3.05) is 24.3 Å². The summed E-state index contributed by atoms with van der Waals surface area (Å²) in [5, 5.41) is 4.16. The Hall–Kier alpha value is -3.16. The molecule has 0 saturated heterocycles. The smallest absolute Gasteiger partial charge is 0.261 e. The summed E-state index contributed by atoms with van der Waals surface area (Å²) in [6.45, 7) is 1.87. The van der Waals surface area contributed by atoms with Crippen LogP contribution in [-0.4, -0.2) is 22.6 Å². The molecule has 1 aliphatic carbocycles. The van der Waals surface area contributed by atoms with Crippen molar-refractivity contribution >= 4 is 33.0 Å². The summed E-state index contributed by atoms with van der Waals surface area (Å²) in [5.41, 5.74) is 4.21. The van der Waals surface area contributed by atoms with E-state index in [1.807, 2.05) is 25.1 Å². The number of sulfonamides is 1. The van der Waals surface area contributed by atoms with Gasteiger partial charge in [0.25, 0.3) is 10.0 Å². The highest BCUT2D eigenvalue weighted by Gasteiger charge is 2.40. The van der Waals surface area contributed by atoms with Gasteiger partial charge in [-0.2, -0.15) is 0 Å². The lowest BCUT2D eigenvalue weighted by Crippen LogP contribution is -2.29. The van der Waals surface area contributed by atoms with E-state index in [2.05, 4.69) is 28.3 Å². The van der Waals surface area contributed by atoms with Gasteiger partial charge < -0.3 is 14.8 Å². The Morgan fingerprint density at radius 2 is 1.86 bits per heavy atom. The molecule has 6 nitrogen and oxygen atoms in total. The molecule has 0 amide bonds. The minimum atomic E-state index is -3.79. The van der Waals surface area contributed by atoms with Crippen LogP contribution in [0.5, 0.6) is 11.5 Å². The molecular formula is C27H27ClN2O4S. The second kappa shape index (κ2) is 9.13. The highest BCUT2D eigenvalue weighted by molar-refractivity contribution is 7.92. The van der Waals surface area contributed by atoms with Crippen LogP contribution in [0.4, 0.5) is 11.4 Å². The monoisotopic (exact) mass is 510 g/mol. The first-order valence-corrected chi connectivity index (χ1v) is 13.3. The van der Waals surface area contributed by atoms with Crippen LogP contribution >= 0.6 is 11.6 Å². The number of aryl methyl sites for hydroxylation is 1. The van der Waals surface area contributed by atoms with Gasteiger partial charge in [0.15, 0.2) is 11.5 Å². The van der Waals surface area contributed by atoms with E-state index in [0.717, 1.165) is 28.8 Å². The molecule has 0 aromatic heterocycles. The predicted octanol–water partition coefficient (Wildman–Crippen LogP) is 6.29. The molecular weight excluding hydrogens is 484 g/mol. The molecule has 0 bridgehead atoms. The van der Waals surface area contributed by atoms with Crippen molar-refractivity contribution in [2.24, 2.45) is 5.92 Å². The van der Waals surface area contributed by atoms with E-state index in [4.69, 9.17) is 21.1 Å². The summed E-state index contributed by atoms with van der Waals surface area (Å²) in [6.07, 6.45) is 5.21. The maximum Gasteiger partial charge on any atom is 0.261 e. The van der Waals surface area contributed by atoms with Crippen LogP contribution in [0.15, 0.2) is 71.6 Å². The van der Waals surface area contributed by atoms with E-state index < -0.39 is 10.0 Å². The van der Waals surface area contributed by atoms with E-state index in [0.29, 0.717) is 22.2 Å². The predicted molar refractivity (Wildman–Crippen MR) is 139 cm³/mol. The number of halogens is 1. The summed E-state index contributed by atoms with van der Waals surface area (Å²) < 4.78 is 40.3. The van der Waals surface area contributed by atoms with Crippen LogP contribution < -0.4 is 19.5 Å². The quantitative estimate of drug-likeness (QED) is 0.381. The van der Waals surface area contributed by atoms with Crippen molar-refractivity contribution in [3.05, 3.63) is 88.5 Å². The highest BCUT2D eigenvalue weighted by atomic mass is 35.5. The third-order valence-corrected chi connectivity index (χ3v) is 8.62. The molecule has 0 saturated carbocycles. The molecule has 3 aromatic rings. The zero-order chi connectivity index (χ0) is 24.7. The largest absolute Gasteiger partial charge is 0.493 e. The lowest BCUT2D eigenvalue weighted by molar-refractivity contribution is 0.341. The van der Waals surface area contributed by atoms with Crippen LogP contribution in [-0.2, 0) is 10.0 Å². The zero-order valence-electron chi connectivity index (χ0n) is 19.7. The summed E-state index contributed by atoms with van der Waals surface area (Å²) in [5.74, 6) is 1.69. The molecule has 3 aromatic carbocycles. The maximum atomic E-state index is 13.2. The molecule has 8 heteroatoms. The minimum Gasteiger partial charge on any atom is -0.493 e. The minimum absolute atomic E-state index is 0.0113. The number of allylic oxidation sites excluding steroid dienone is 2. The van der Waals surface area contributed by atoms with Gasteiger partial charge >= 0.3 is 0 Å². The summed E-state index contributed by atoms with van der Waals surface area (Å²) in [4.78, 5) is 0.214. The van der Waals surface area contributed by atoms with Crippen molar-refractivity contribution in [1.82, 2.24) is 0 Å². The zero-order valence-corrected chi connectivity index (χ0v) is 21.3. The average molecular weight is 511 g/mol. The average Bonchev–Trinajstić information content (AvgIpc) is 3.35. The molecule has 0 radical (unpaired) electrons. The first kappa shape index (κ1) is 23.6. The molecule has 5 rings (SSSR count). The number of ether oxygens (including phenoxy) is 2. The maximum absolute atomic E-state index is 13.2. The van der Waals surface area contributed by atoms with Crippen LogP contribution in [0.2, 0.25) is 5.02 Å². The fourth-order valence-corrected chi connectivity index (χ4v) is 6.34. The normalized spacial score (nSPS) is 20.5. The Labute approximate surface area is 211 Å². The van der Waals surface area contributed by atoms with Crippen LogP contribution in [0, 0.1) is 12.8 Å². The third-order valence-electron chi connectivity index (χ3n) is 6.84. The SMILES string of the molecule is COc1cccc([C@H]2Nc3ccc(S(=O)(=O)Nc4ccc(C)c(Cl)c4)cc3[C@H]3C=CC[C@H]32)c1OC. The Bertz CT molecular complexity index is 1420. The molecule has 3 atom stereocenters. The second-order valence-corrected chi connectivity index (χ2v) is 11.0. The van der Waals surface area contributed by atoms with Crippen molar-refractivity contribution in [3.63, 3.8) is 0 Å². The van der Waals surface area contributed by atoms with Gasteiger partial charge in [0.05, 0.1) is 30.8 Å². The number of hydrogen-bond donors (Lipinski definition) is 2. The van der Waals surface area contributed by atoms with Crippen molar-refractivity contribution in [1.29, 1.82) is 0 Å². The summed E-state index contributed by atoms with van der Waals surface area (Å²) >= 11 is 6.18. The number of methoxy groups -OCH3 is 2. The molecule has 0 spiro atoms. The third kappa shape index (κ3) is 4.23. The lowest BCUT2D eigenvalue weighted by Gasteiger charge is -2.38. The first-order valence-electron chi connectivity index (χ1n) is 11.4. The van der Waals surface area contributed by atoms with E-state index in [1.54, 1.807) is 44.6 Å². The first-order chi connectivity index (χ1) is 16.8. The number of benzene rings is 3. The molecule has 2 aliphatic rings. The van der Waals surface area contributed by atoms with Crippen molar-refractivity contribution in [2.45, 2.75) is 30.2 Å². The number of fused-ring (bicyclic) bond motifs is 3. The Morgan fingerprint density at radius 1 is 1.03 bits per heavy atom. The topological polar surface area (TPSA) is 76.7 Å². The number of nitrogens with one attached hydrogen (secondary N) is 2. The van der Waals surface area contributed by atoms with E-state index in [1.165, 1.54) is 0 Å². The fraction of sp³-hybridized carbons (Fsp3) is 0.259. The van der Waals surface area contributed by atoms with Gasteiger partial charge in [0.2, 0.25) is 0 Å². The van der Waals surface area contributed by atoms with Crippen molar-refractivity contribution < 1.29 is 17.9 Å². The standard InChI is InChI=1S/C27H27ClN2O4S/c1-16-10-11-17(14-23(16)28)30-35(31,32)18-12-13-24-22(15-18)19-6-4-7-20(19)26(29-24)21-8-5-9-25(33-2)27(21)34-3/h4-6,8-15,19-20,26,29-30H,7H2,1-3H3/t19-,20+,26-/m0/s1. The molecule has 35 heavy (non-hydrogen) atoms. The summed E-state index contributed by atoms with van der Waals surface area (Å²) in [7, 11) is -0.510. The molecule has 1 heterocycles. The van der Waals surface area contributed by atoms with Crippen LogP contribution in [0.3, 0.4) is 0 Å². The van der Waals surface area contributed by atoms with Gasteiger partial charge in [-0.05, 0) is 66.8 Å². The summed E-state index contributed by atoms with van der Waals surface area (Å²) in [6, 6.07) is 16.2. The number of anilines is 2. The highest BCUT2D eigenvalue weighted by Crippen LogP contribution is 2.52. The van der Waals surface area contributed by atoms with E-state index in [9.17, 15) is 8.42 Å². The van der Waals surface area contributed by atoms with Crippen LogP contribution in [0.25, 0.3) is 0 Å². The molecule has 2 N–H and O–H groups in total. The van der Waals surface area contributed by atoms with Crippen molar-refractivity contribution in [3.8, 4) is 11.5 Å².